The van der Waals surface area contributed by atoms with E-state index in [0.29, 0.717) is 0 Å². The molecule has 3 rings (SSSR count). The predicted octanol–water partition coefficient (Wildman–Crippen LogP) is 4.98. The fraction of sp³-hybridized carbons (Fsp3) is 0.389. The molecule has 1 saturated heterocycles. The Labute approximate surface area is 140 Å². The number of aryl methyl sites for hydroxylation is 1. The Bertz CT molecular complexity index is 607. The fourth-order valence-corrected chi connectivity index (χ4v) is 4.94. The van der Waals surface area contributed by atoms with Crippen molar-refractivity contribution in [1.82, 2.24) is 4.90 Å². The Balaban J connectivity index is 1.72. The predicted molar refractivity (Wildman–Crippen MR) is 95.6 cm³/mol. The summed E-state index contributed by atoms with van der Waals surface area (Å²) in [5.74, 6) is 1.17. The number of thioether (sulfide) groups is 1. The van der Waals surface area contributed by atoms with Crippen molar-refractivity contribution in [2.24, 2.45) is 0 Å². The van der Waals surface area contributed by atoms with E-state index in [1.807, 2.05) is 28.8 Å². The van der Waals surface area contributed by atoms with E-state index >= 15 is 0 Å². The summed E-state index contributed by atoms with van der Waals surface area (Å²) in [6.07, 6.45) is 3.51. The largest absolute Gasteiger partial charge is 0.321 e. The molecule has 2 heterocycles. The number of carbonyl (C=O) groups is 1. The maximum atomic E-state index is 12.8. The molecule has 1 aromatic carbocycles. The van der Waals surface area contributed by atoms with Crippen LogP contribution in [-0.2, 0) is 6.42 Å². The van der Waals surface area contributed by atoms with Gasteiger partial charge in [-0.25, -0.2) is 0 Å². The highest BCUT2D eigenvalue weighted by Gasteiger charge is 2.31. The first-order valence-corrected chi connectivity index (χ1v) is 9.77. The zero-order valence-electron chi connectivity index (χ0n) is 12.8. The minimum absolute atomic E-state index is 0.158. The summed E-state index contributed by atoms with van der Waals surface area (Å²) in [6.45, 7) is 3.04. The van der Waals surface area contributed by atoms with Gasteiger partial charge in [0, 0.05) is 22.7 Å². The first-order valence-electron chi connectivity index (χ1n) is 7.84. The van der Waals surface area contributed by atoms with Crippen molar-refractivity contribution >= 4 is 29.0 Å². The molecule has 4 heteroatoms. The van der Waals surface area contributed by atoms with Crippen LogP contribution in [0.15, 0.2) is 41.8 Å². The highest BCUT2D eigenvalue weighted by molar-refractivity contribution is 7.99. The molecule has 1 fully saturated rings. The normalized spacial score (nSPS) is 17.9. The lowest BCUT2D eigenvalue weighted by molar-refractivity contribution is 0.0762. The van der Waals surface area contributed by atoms with Crippen molar-refractivity contribution in [3.05, 3.63) is 57.8 Å². The van der Waals surface area contributed by atoms with Crippen molar-refractivity contribution in [3.63, 3.8) is 0 Å². The molecule has 0 aliphatic carbocycles. The van der Waals surface area contributed by atoms with Gasteiger partial charge in [-0.15, -0.1) is 23.1 Å². The van der Waals surface area contributed by atoms with Crippen molar-refractivity contribution < 1.29 is 4.79 Å². The summed E-state index contributed by atoms with van der Waals surface area (Å²) in [7, 11) is 0. The monoisotopic (exact) mass is 331 g/mol. The second-order valence-electron chi connectivity index (χ2n) is 5.54. The smallest absolute Gasteiger partial charge is 0.255 e. The minimum atomic E-state index is 0.158. The van der Waals surface area contributed by atoms with Gasteiger partial charge in [-0.3, -0.25) is 4.79 Å². The molecule has 1 aliphatic heterocycles. The minimum Gasteiger partial charge on any atom is -0.321 e. The highest BCUT2D eigenvalue weighted by atomic mass is 32.2. The molecule has 0 N–H and O–H groups in total. The molecule has 0 bridgehead atoms. The van der Waals surface area contributed by atoms with Crippen LogP contribution < -0.4 is 0 Å². The number of hydrogen-bond donors (Lipinski definition) is 0. The van der Waals surface area contributed by atoms with Crippen LogP contribution in [0.1, 0.15) is 45.9 Å². The molecule has 2 nitrogen and oxygen atoms in total. The standard InChI is InChI=1S/C18H21NOS2/c1-2-3-5-14-7-9-15(10-8-14)17(20)19-11-13-22-18(19)16-6-4-12-21-16/h4,6-10,12,18H,2-3,5,11,13H2,1H3. The number of carbonyl (C=O) groups excluding carboxylic acids is 1. The third kappa shape index (κ3) is 3.39. The quantitative estimate of drug-likeness (QED) is 0.770. The molecule has 0 saturated carbocycles. The second kappa shape index (κ2) is 7.34. The molecule has 1 atom stereocenters. The Kier molecular flexibility index (Phi) is 5.21. The lowest BCUT2D eigenvalue weighted by atomic mass is 10.1. The van der Waals surface area contributed by atoms with Crippen molar-refractivity contribution in [3.8, 4) is 0 Å². The Morgan fingerprint density at radius 1 is 1.27 bits per heavy atom. The van der Waals surface area contributed by atoms with Crippen molar-refractivity contribution in [2.45, 2.75) is 31.6 Å². The van der Waals surface area contributed by atoms with Crippen LogP contribution in [0.4, 0.5) is 0 Å². The summed E-state index contributed by atoms with van der Waals surface area (Å²) in [6, 6.07) is 12.4. The van der Waals surface area contributed by atoms with Gasteiger partial charge < -0.3 is 4.90 Å². The van der Waals surface area contributed by atoms with Crippen LogP contribution in [-0.4, -0.2) is 23.1 Å². The van der Waals surface area contributed by atoms with Crippen LogP contribution >= 0.6 is 23.1 Å². The zero-order valence-corrected chi connectivity index (χ0v) is 14.5. The van der Waals surface area contributed by atoms with Gasteiger partial charge in [0.25, 0.3) is 5.91 Å². The lowest BCUT2D eigenvalue weighted by Crippen LogP contribution is -2.30. The van der Waals surface area contributed by atoms with Gasteiger partial charge >= 0.3 is 0 Å². The molecule has 116 valence electrons. The third-order valence-electron chi connectivity index (χ3n) is 3.96. The Hall–Kier alpha value is -1.26. The molecule has 1 amide bonds. The van der Waals surface area contributed by atoms with Gasteiger partial charge in [0.1, 0.15) is 5.37 Å². The Morgan fingerprint density at radius 3 is 2.77 bits per heavy atom. The maximum Gasteiger partial charge on any atom is 0.255 e. The maximum absolute atomic E-state index is 12.8. The molecule has 1 aromatic heterocycles. The van der Waals surface area contributed by atoms with Crippen LogP contribution in [0.25, 0.3) is 0 Å². The highest BCUT2D eigenvalue weighted by Crippen LogP contribution is 2.40. The summed E-state index contributed by atoms with van der Waals surface area (Å²) in [5, 5.41) is 2.27. The SMILES string of the molecule is CCCCc1ccc(C(=O)N2CCSC2c2cccs2)cc1. The van der Waals surface area contributed by atoms with Crippen molar-refractivity contribution in [2.75, 3.05) is 12.3 Å². The number of hydrogen-bond acceptors (Lipinski definition) is 3. The van der Waals surface area contributed by atoms with E-state index in [9.17, 15) is 4.79 Å². The number of benzene rings is 1. The number of amides is 1. The second-order valence-corrected chi connectivity index (χ2v) is 7.70. The van der Waals surface area contributed by atoms with Crippen LogP contribution in [0.2, 0.25) is 0 Å². The summed E-state index contributed by atoms with van der Waals surface area (Å²) in [5.41, 5.74) is 2.13. The number of unbranched alkanes of at least 4 members (excludes halogenated alkanes) is 1. The fourth-order valence-electron chi connectivity index (χ4n) is 2.71. The summed E-state index contributed by atoms with van der Waals surface area (Å²) in [4.78, 5) is 16.1. The van der Waals surface area contributed by atoms with Crippen molar-refractivity contribution in [1.29, 1.82) is 0 Å². The Morgan fingerprint density at radius 2 is 2.09 bits per heavy atom. The van der Waals surface area contributed by atoms with E-state index in [2.05, 4.69) is 36.6 Å². The van der Waals surface area contributed by atoms with Gasteiger partial charge in [0.2, 0.25) is 0 Å². The van der Waals surface area contributed by atoms with E-state index in [1.54, 1.807) is 11.3 Å². The molecule has 0 radical (unpaired) electrons. The number of nitrogens with zero attached hydrogens (tertiary/aromatic N) is 1. The molecule has 1 unspecified atom stereocenters. The number of rotatable bonds is 5. The van der Waals surface area contributed by atoms with Crippen LogP contribution in [0, 0.1) is 0 Å². The van der Waals surface area contributed by atoms with Gasteiger partial charge in [0.15, 0.2) is 0 Å². The van der Waals surface area contributed by atoms with Gasteiger partial charge in [-0.1, -0.05) is 31.5 Å². The molecule has 0 spiro atoms. The van der Waals surface area contributed by atoms with E-state index in [4.69, 9.17) is 0 Å². The molecular formula is C18H21NOS2. The van der Waals surface area contributed by atoms with E-state index in [-0.39, 0.29) is 11.3 Å². The first kappa shape index (κ1) is 15.6. The van der Waals surface area contributed by atoms with E-state index < -0.39 is 0 Å². The molecule has 2 aromatic rings. The average Bonchev–Trinajstić information content (AvgIpc) is 3.23. The van der Waals surface area contributed by atoms with Crippen LogP contribution in [0.3, 0.4) is 0 Å². The average molecular weight is 332 g/mol. The van der Waals surface area contributed by atoms with E-state index in [1.165, 1.54) is 23.3 Å². The summed E-state index contributed by atoms with van der Waals surface area (Å²) < 4.78 is 0. The van der Waals surface area contributed by atoms with Gasteiger partial charge in [-0.2, -0.15) is 0 Å². The third-order valence-corrected chi connectivity index (χ3v) is 6.27. The lowest BCUT2D eigenvalue weighted by Gasteiger charge is -2.23. The molecule has 1 aliphatic rings. The first-order chi connectivity index (χ1) is 10.8. The number of thiophene rings is 1. The van der Waals surface area contributed by atoms with Crippen LogP contribution in [0.5, 0.6) is 0 Å². The molecule has 22 heavy (non-hydrogen) atoms. The van der Waals surface area contributed by atoms with Gasteiger partial charge in [-0.05, 0) is 42.0 Å². The zero-order chi connectivity index (χ0) is 15.4. The van der Waals surface area contributed by atoms with Gasteiger partial charge in [0.05, 0.1) is 0 Å². The topological polar surface area (TPSA) is 20.3 Å². The summed E-state index contributed by atoms with van der Waals surface area (Å²) >= 11 is 3.59. The molecular weight excluding hydrogens is 310 g/mol. The van der Waals surface area contributed by atoms with E-state index in [0.717, 1.165) is 24.3 Å².